The molecule has 0 bridgehead atoms. The summed E-state index contributed by atoms with van der Waals surface area (Å²) in [5, 5.41) is 15.2. The first-order valence-corrected chi connectivity index (χ1v) is 8.32. The van der Waals surface area contributed by atoms with Crippen molar-refractivity contribution >= 4 is 17.2 Å². The van der Waals surface area contributed by atoms with Gasteiger partial charge in [-0.3, -0.25) is 4.79 Å². The number of hydrogen-bond acceptors (Lipinski definition) is 4. The van der Waals surface area contributed by atoms with E-state index in [0.29, 0.717) is 18.5 Å². The van der Waals surface area contributed by atoms with Crippen molar-refractivity contribution in [3.05, 3.63) is 40.9 Å². The van der Waals surface area contributed by atoms with Crippen molar-refractivity contribution in [2.24, 2.45) is 5.92 Å². The molecule has 0 saturated heterocycles. The fourth-order valence-corrected chi connectivity index (χ4v) is 3.11. The summed E-state index contributed by atoms with van der Waals surface area (Å²) in [6, 6.07) is 7.51. The highest BCUT2D eigenvalue weighted by Crippen LogP contribution is 2.24. The fraction of sp³-hybridized carbons (Fsp3) is 0.412. The van der Waals surface area contributed by atoms with Crippen LogP contribution in [0.3, 0.4) is 0 Å². The zero-order valence-electron chi connectivity index (χ0n) is 13.2. The molecule has 0 spiro atoms. The predicted molar refractivity (Wildman–Crippen MR) is 90.1 cm³/mol. The van der Waals surface area contributed by atoms with Crippen LogP contribution >= 0.6 is 11.3 Å². The number of aliphatic hydroxyl groups excluding tert-OH is 1. The normalized spacial score (nSPS) is 13.6. The number of hydrogen-bond donors (Lipinski definition) is 2. The summed E-state index contributed by atoms with van der Waals surface area (Å²) in [5.74, 6) is 0.154. The molecule has 0 radical (unpaired) electrons. The van der Waals surface area contributed by atoms with Gasteiger partial charge in [0.15, 0.2) is 0 Å². The highest BCUT2D eigenvalue weighted by molar-refractivity contribution is 7.13. The first-order valence-electron chi connectivity index (χ1n) is 7.44. The quantitative estimate of drug-likeness (QED) is 0.859. The van der Waals surface area contributed by atoms with Gasteiger partial charge < -0.3 is 10.4 Å². The topological polar surface area (TPSA) is 62.2 Å². The highest BCUT2D eigenvalue weighted by Gasteiger charge is 2.11. The van der Waals surface area contributed by atoms with Crippen molar-refractivity contribution < 1.29 is 9.90 Å². The van der Waals surface area contributed by atoms with E-state index in [1.165, 1.54) is 0 Å². The van der Waals surface area contributed by atoms with Crippen LogP contribution in [0.5, 0.6) is 0 Å². The number of rotatable bonds is 6. The number of carbonyl (C=O) groups excluding carboxylic acids is 1. The lowest BCUT2D eigenvalue weighted by Gasteiger charge is -2.14. The summed E-state index contributed by atoms with van der Waals surface area (Å²) in [6.45, 7) is 6.30. The second-order valence-corrected chi connectivity index (χ2v) is 6.63. The molecule has 4 nitrogen and oxygen atoms in total. The number of thiazole rings is 1. The number of amides is 1. The van der Waals surface area contributed by atoms with Gasteiger partial charge in [0.2, 0.25) is 0 Å². The maximum Gasteiger partial charge on any atom is 0.251 e. The number of benzene rings is 1. The van der Waals surface area contributed by atoms with Gasteiger partial charge in [0.05, 0.1) is 6.10 Å². The van der Waals surface area contributed by atoms with E-state index in [9.17, 15) is 9.90 Å². The van der Waals surface area contributed by atoms with E-state index in [1.54, 1.807) is 24.3 Å². The number of aromatic nitrogens is 1. The maximum atomic E-state index is 12.2. The van der Waals surface area contributed by atoms with Crippen LogP contribution in [0.1, 0.15) is 36.3 Å². The highest BCUT2D eigenvalue weighted by atomic mass is 32.1. The fourth-order valence-electron chi connectivity index (χ4n) is 2.31. The van der Waals surface area contributed by atoms with Crippen molar-refractivity contribution in [2.75, 3.05) is 6.54 Å². The Morgan fingerprint density at radius 3 is 2.82 bits per heavy atom. The summed E-state index contributed by atoms with van der Waals surface area (Å²) >= 11 is 1.58. The van der Waals surface area contributed by atoms with E-state index in [2.05, 4.69) is 10.3 Å². The second kappa shape index (κ2) is 7.51. The minimum absolute atomic E-state index is 0.0902. The summed E-state index contributed by atoms with van der Waals surface area (Å²) in [6.07, 6.45) is 0.335. The van der Waals surface area contributed by atoms with E-state index < -0.39 is 0 Å². The van der Waals surface area contributed by atoms with Crippen molar-refractivity contribution in [3.63, 3.8) is 0 Å². The summed E-state index contributed by atoms with van der Waals surface area (Å²) in [7, 11) is 0. The summed E-state index contributed by atoms with van der Waals surface area (Å²) in [5.41, 5.74) is 2.58. The van der Waals surface area contributed by atoms with Crippen LogP contribution in [0.25, 0.3) is 10.6 Å². The van der Waals surface area contributed by atoms with Gasteiger partial charge in [-0.05, 0) is 38.3 Å². The minimum Gasteiger partial charge on any atom is -0.393 e. The molecule has 0 aliphatic rings. The first kappa shape index (κ1) is 16.6. The first-order chi connectivity index (χ1) is 10.5. The van der Waals surface area contributed by atoms with Crippen LogP contribution < -0.4 is 5.32 Å². The Morgan fingerprint density at radius 2 is 2.18 bits per heavy atom. The van der Waals surface area contributed by atoms with Gasteiger partial charge in [-0.15, -0.1) is 11.3 Å². The predicted octanol–water partition coefficient (Wildman–Crippen LogP) is 3.26. The van der Waals surface area contributed by atoms with Crippen molar-refractivity contribution in [1.82, 2.24) is 10.3 Å². The lowest BCUT2D eigenvalue weighted by molar-refractivity contribution is 0.0939. The van der Waals surface area contributed by atoms with E-state index in [-0.39, 0.29) is 17.9 Å². The Morgan fingerprint density at radius 1 is 1.41 bits per heavy atom. The molecule has 0 aliphatic carbocycles. The van der Waals surface area contributed by atoms with Gasteiger partial charge in [-0.25, -0.2) is 4.98 Å². The second-order valence-electron chi connectivity index (χ2n) is 5.77. The number of nitrogens with zero attached hydrogens (tertiary/aromatic N) is 1. The van der Waals surface area contributed by atoms with Crippen molar-refractivity contribution in [1.29, 1.82) is 0 Å². The third-order valence-corrected chi connectivity index (χ3v) is 4.35. The molecule has 118 valence electrons. The molecule has 2 aromatic rings. The molecule has 1 aromatic carbocycles. The molecule has 0 aliphatic heterocycles. The summed E-state index contributed by atoms with van der Waals surface area (Å²) < 4.78 is 0. The third-order valence-electron chi connectivity index (χ3n) is 3.35. The largest absolute Gasteiger partial charge is 0.393 e. The Labute approximate surface area is 135 Å². The molecule has 22 heavy (non-hydrogen) atoms. The number of aliphatic hydroxyl groups is 1. The van der Waals surface area contributed by atoms with Gasteiger partial charge in [0, 0.05) is 28.7 Å². The molecule has 1 amide bonds. The van der Waals surface area contributed by atoms with Crippen LogP contribution in [-0.2, 0) is 0 Å². The SMILES string of the molecule is Cc1csc(-c2cccc(C(=O)NCC(C)CC(C)O)c2)n1. The molecule has 2 N–H and O–H groups in total. The average Bonchev–Trinajstić information content (AvgIpc) is 2.91. The lowest BCUT2D eigenvalue weighted by Crippen LogP contribution is -2.29. The molecule has 2 atom stereocenters. The smallest absolute Gasteiger partial charge is 0.251 e. The molecular weight excluding hydrogens is 296 g/mol. The maximum absolute atomic E-state index is 12.2. The molecule has 0 saturated carbocycles. The van der Waals surface area contributed by atoms with Crippen LogP contribution in [0.15, 0.2) is 29.6 Å². The standard InChI is InChI=1S/C17H22N2O2S/c1-11(7-13(3)20)9-18-16(21)14-5-4-6-15(8-14)17-19-12(2)10-22-17/h4-6,8,10-11,13,20H,7,9H2,1-3H3,(H,18,21). The zero-order valence-corrected chi connectivity index (χ0v) is 14.0. The summed E-state index contributed by atoms with van der Waals surface area (Å²) in [4.78, 5) is 16.7. The molecule has 0 fully saturated rings. The molecule has 5 heteroatoms. The Bertz CT molecular complexity index is 637. The van der Waals surface area contributed by atoms with Crippen molar-refractivity contribution in [3.8, 4) is 10.6 Å². The van der Waals surface area contributed by atoms with Gasteiger partial charge in [-0.2, -0.15) is 0 Å². The van der Waals surface area contributed by atoms with Crippen LogP contribution in [-0.4, -0.2) is 28.6 Å². The van der Waals surface area contributed by atoms with Gasteiger partial charge in [-0.1, -0.05) is 19.1 Å². The lowest BCUT2D eigenvalue weighted by atomic mass is 10.0. The minimum atomic E-state index is -0.344. The van der Waals surface area contributed by atoms with Gasteiger partial charge in [0.25, 0.3) is 5.91 Å². The molecule has 2 rings (SSSR count). The van der Waals surface area contributed by atoms with Crippen molar-refractivity contribution in [2.45, 2.75) is 33.3 Å². The third kappa shape index (κ3) is 4.64. The Hall–Kier alpha value is -1.72. The number of aryl methyl sites for hydroxylation is 1. The Kier molecular flexibility index (Phi) is 5.69. The number of carbonyl (C=O) groups is 1. The molecule has 2 unspecified atom stereocenters. The molecular formula is C17H22N2O2S. The van der Waals surface area contributed by atoms with E-state index in [4.69, 9.17) is 0 Å². The Balaban J connectivity index is 2.01. The van der Waals surface area contributed by atoms with E-state index in [1.807, 2.05) is 37.4 Å². The van der Waals surface area contributed by atoms with Crippen LogP contribution in [0.2, 0.25) is 0 Å². The molecule has 1 aromatic heterocycles. The average molecular weight is 318 g/mol. The zero-order chi connectivity index (χ0) is 16.1. The number of nitrogens with one attached hydrogen (secondary N) is 1. The van der Waals surface area contributed by atoms with Gasteiger partial charge in [0.1, 0.15) is 5.01 Å². The molecule has 1 heterocycles. The van der Waals surface area contributed by atoms with E-state index >= 15 is 0 Å². The van der Waals surface area contributed by atoms with Gasteiger partial charge >= 0.3 is 0 Å². The van der Waals surface area contributed by atoms with Crippen LogP contribution in [0.4, 0.5) is 0 Å². The monoisotopic (exact) mass is 318 g/mol. The van der Waals surface area contributed by atoms with E-state index in [0.717, 1.165) is 16.3 Å². The van der Waals surface area contributed by atoms with Crippen LogP contribution in [0, 0.1) is 12.8 Å².